The minimum atomic E-state index is -0.587. The molecule has 4 nitrogen and oxygen atoms in total. The highest BCUT2D eigenvalue weighted by Gasteiger charge is 2.61. The maximum absolute atomic E-state index is 10.9. The fourth-order valence-corrected chi connectivity index (χ4v) is 6.85. The van der Waals surface area contributed by atoms with E-state index in [-0.39, 0.29) is 29.5 Å². The standard InChI is InChI=1S/C20H37NO3/c1-18(7-4-14(23)10-13(18)12-22)16-5-8-19(2)17(15(16)11-21)6-9-20(19,3)24/h13-17,22-24H,4-12,21H2,1-3H3. The topological polar surface area (TPSA) is 86.7 Å². The molecule has 0 aliphatic heterocycles. The first-order valence-corrected chi connectivity index (χ1v) is 9.91. The molecule has 0 bridgehead atoms. The van der Waals surface area contributed by atoms with E-state index in [1.807, 2.05) is 6.92 Å². The molecule has 8 unspecified atom stereocenters. The zero-order chi connectivity index (χ0) is 17.8. The van der Waals surface area contributed by atoms with Crippen molar-refractivity contribution >= 4 is 0 Å². The lowest BCUT2D eigenvalue weighted by molar-refractivity contribution is -0.134. The van der Waals surface area contributed by atoms with Crippen LogP contribution in [-0.4, -0.2) is 40.2 Å². The summed E-state index contributed by atoms with van der Waals surface area (Å²) in [5.74, 6) is 1.52. The van der Waals surface area contributed by atoms with Gasteiger partial charge in [0.25, 0.3) is 0 Å². The van der Waals surface area contributed by atoms with E-state index in [2.05, 4.69) is 13.8 Å². The van der Waals surface area contributed by atoms with Crippen LogP contribution in [0.2, 0.25) is 0 Å². The normalized spacial score (nSPS) is 55.4. The van der Waals surface area contributed by atoms with Crippen molar-refractivity contribution in [2.24, 2.45) is 40.2 Å². The Balaban J connectivity index is 1.90. The lowest BCUT2D eigenvalue weighted by Gasteiger charge is -2.57. The maximum Gasteiger partial charge on any atom is 0.0675 e. The lowest BCUT2D eigenvalue weighted by Crippen LogP contribution is -2.55. The predicted molar refractivity (Wildman–Crippen MR) is 95.3 cm³/mol. The average molecular weight is 340 g/mol. The van der Waals surface area contributed by atoms with Crippen LogP contribution in [0.4, 0.5) is 0 Å². The molecule has 0 spiro atoms. The van der Waals surface area contributed by atoms with Gasteiger partial charge in [-0.1, -0.05) is 13.8 Å². The molecule has 3 rings (SSSR count). The van der Waals surface area contributed by atoms with Crippen LogP contribution in [0.3, 0.4) is 0 Å². The molecule has 0 aromatic heterocycles. The highest BCUT2D eigenvalue weighted by atomic mass is 16.3. The van der Waals surface area contributed by atoms with E-state index in [9.17, 15) is 15.3 Å². The van der Waals surface area contributed by atoms with Gasteiger partial charge in [-0.3, -0.25) is 0 Å². The molecule has 0 saturated heterocycles. The van der Waals surface area contributed by atoms with Gasteiger partial charge in [0.2, 0.25) is 0 Å². The van der Waals surface area contributed by atoms with Crippen LogP contribution in [0.25, 0.3) is 0 Å². The monoisotopic (exact) mass is 339 g/mol. The van der Waals surface area contributed by atoms with E-state index < -0.39 is 5.60 Å². The fraction of sp³-hybridized carbons (Fsp3) is 1.00. The molecular weight excluding hydrogens is 302 g/mol. The van der Waals surface area contributed by atoms with Crippen LogP contribution in [-0.2, 0) is 0 Å². The Bertz CT molecular complexity index is 468. The third-order valence-electron chi connectivity index (χ3n) is 8.84. The predicted octanol–water partition coefficient (Wildman–Crippen LogP) is 2.30. The summed E-state index contributed by atoms with van der Waals surface area (Å²) < 4.78 is 0. The van der Waals surface area contributed by atoms with Gasteiger partial charge in [0.05, 0.1) is 11.7 Å². The average Bonchev–Trinajstić information content (AvgIpc) is 2.79. The quantitative estimate of drug-likeness (QED) is 0.635. The maximum atomic E-state index is 10.9. The molecule has 3 aliphatic carbocycles. The Labute approximate surface area is 146 Å². The third-order valence-corrected chi connectivity index (χ3v) is 8.84. The minimum Gasteiger partial charge on any atom is -0.396 e. The van der Waals surface area contributed by atoms with Crippen molar-refractivity contribution in [2.75, 3.05) is 13.2 Å². The highest BCUT2D eigenvalue weighted by molar-refractivity contribution is 5.11. The van der Waals surface area contributed by atoms with Crippen LogP contribution in [0.15, 0.2) is 0 Å². The SMILES string of the molecule is CC1(C2CCC3(C)C(CCC3(C)O)C2CN)CCC(O)CC1CO. The van der Waals surface area contributed by atoms with Gasteiger partial charge in [-0.2, -0.15) is 0 Å². The number of aliphatic hydroxyl groups is 3. The molecule has 4 heteroatoms. The molecule has 0 aromatic carbocycles. The molecule has 3 saturated carbocycles. The van der Waals surface area contributed by atoms with Crippen molar-refractivity contribution in [3.8, 4) is 0 Å². The molecular formula is C20H37NO3. The molecule has 0 radical (unpaired) electrons. The van der Waals surface area contributed by atoms with Gasteiger partial charge >= 0.3 is 0 Å². The number of hydrogen-bond donors (Lipinski definition) is 4. The van der Waals surface area contributed by atoms with Gasteiger partial charge < -0.3 is 21.1 Å². The van der Waals surface area contributed by atoms with Crippen LogP contribution in [0.1, 0.15) is 65.7 Å². The van der Waals surface area contributed by atoms with Crippen molar-refractivity contribution < 1.29 is 15.3 Å². The van der Waals surface area contributed by atoms with E-state index in [1.165, 1.54) is 0 Å². The molecule has 8 atom stereocenters. The van der Waals surface area contributed by atoms with E-state index in [4.69, 9.17) is 5.73 Å². The van der Waals surface area contributed by atoms with Gasteiger partial charge in [0.1, 0.15) is 0 Å². The van der Waals surface area contributed by atoms with E-state index in [0.29, 0.717) is 30.7 Å². The first kappa shape index (κ1) is 18.6. The Morgan fingerprint density at radius 2 is 1.67 bits per heavy atom. The largest absolute Gasteiger partial charge is 0.396 e. The molecule has 24 heavy (non-hydrogen) atoms. The summed E-state index contributed by atoms with van der Waals surface area (Å²) in [5.41, 5.74) is 5.71. The summed E-state index contributed by atoms with van der Waals surface area (Å²) in [7, 11) is 0. The molecule has 140 valence electrons. The summed E-state index contributed by atoms with van der Waals surface area (Å²) in [6.45, 7) is 7.41. The van der Waals surface area contributed by atoms with Crippen molar-refractivity contribution in [1.29, 1.82) is 0 Å². The van der Waals surface area contributed by atoms with Crippen molar-refractivity contribution in [2.45, 2.75) is 77.4 Å². The second-order valence-corrected chi connectivity index (χ2v) is 9.69. The number of fused-ring (bicyclic) bond motifs is 1. The van der Waals surface area contributed by atoms with Gasteiger partial charge in [-0.05, 0) is 92.9 Å². The van der Waals surface area contributed by atoms with Crippen molar-refractivity contribution in [3.63, 3.8) is 0 Å². The Morgan fingerprint density at radius 1 is 1.00 bits per heavy atom. The second kappa shape index (κ2) is 6.22. The van der Waals surface area contributed by atoms with E-state index >= 15 is 0 Å². The van der Waals surface area contributed by atoms with Gasteiger partial charge in [-0.25, -0.2) is 0 Å². The summed E-state index contributed by atoms with van der Waals surface area (Å²) in [4.78, 5) is 0. The molecule has 5 N–H and O–H groups in total. The van der Waals surface area contributed by atoms with Crippen molar-refractivity contribution in [3.05, 3.63) is 0 Å². The number of aliphatic hydroxyl groups excluding tert-OH is 2. The Kier molecular flexibility index (Phi) is 4.83. The van der Waals surface area contributed by atoms with E-state index in [0.717, 1.165) is 38.5 Å². The molecule has 0 heterocycles. The van der Waals surface area contributed by atoms with Crippen LogP contribution in [0.5, 0.6) is 0 Å². The summed E-state index contributed by atoms with van der Waals surface area (Å²) in [6, 6.07) is 0. The van der Waals surface area contributed by atoms with Crippen LogP contribution < -0.4 is 5.73 Å². The summed E-state index contributed by atoms with van der Waals surface area (Å²) >= 11 is 0. The van der Waals surface area contributed by atoms with Crippen LogP contribution in [0, 0.1) is 34.5 Å². The fourth-order valence-electron chi connectivity index (χ4n) is 6.85. The summed E-state index contributed by atoms with van der Waals surface area (Å²) in [5, 5.41) is 31.0. The Hall–Kier alpha value is -0.160. The molecule has 0 aromatic rings. The first-order valence-electron chi connectivity index (χ1n) is 9.91. The van der Waals surface area contributed by atoms with Crippen LogP contribution >= 0.6 is 0 Å². The number of rotatable bonds is 3. The van der Waals surface area contributed by atoms with Gasteiger partial charge in [0.15, 0.2) is 0 Å². The van der Waals surface area contributed by atoms with Gasteiger partial charge in [-0.15, -0.1) is 0 Å². The summed E-state index contributed by atoms with van der Waals surface area (Å²) in [6.07, 6.45) is 6.30. The van der Waals surface area contributed by atoms with E-state index in [1.54, 1.807) is 0 Å². The molecule has 3 aliphatic rings. The molecule has 3 fully saturated rings. The smallest absolute Gasteiger partial charge is 0.0675 e. The minimum absolute atomic E-state index is 0.0349. The highest BCUT2D eigenvalue weighted by Crippen LogP contribution is 2.64. The lowest BCUT2D eigenvalue weighted by atomic mass is 9.48. The van der Waals surface area contributed by atoms with Crippen molar-refractivity contribution in [1.82, 2.24) is 0 Å². The zero-order valence-corrected chi connectivity index (χ0v) is 15.7. The first-order chi connectivity index (χ1) is 11.2. The molecule has 0 amide bonds. The Morgan fingerprint density at radius 3 is 2.29 bits per heavy atom. The second-order valence-electron chi connectivity index (χ2n) is 9.69. The number of nitrogens with two attached hydrogens (primary N) is 1. The number of hydrogen-bond acceptors (Lipinski definition) is 4. The third kappa shape index (κ3) is 2.56. The van der Waals surface area contributed by atoms with Gasteiger partial charge in [0, 0.05) is 6.61 Å². The zero-order valence-electron chi connectivity index (χ0n) is 15.7.